The number of benzene rings is 4. The minimum atomic E-state index is -0.563. The van der Waals surface area contributed by atoms with Crippen molar-refractivity contribution in [3.05, 3.63) is 150 Å². The van der Waals surface area contributed by atoms with Crippen LogP contribution in [-0.4, -0.2) is 38.9 Å². The van der Waals surface area contributed by atoms with Gasteiger partial charge in [-0.05, 0) is 73.5 Å². The maximum Gasteiger partial charge on any atom is 0.356 e. The van der Waals surface area contributed by atoms with Gasteiger partial charge in [0.1, 0.15) is 22.9 Å². The Morgan fingerprint density at radius 2 is 0.881 bits per heavy atom. The van der Waals surface area contributed by atoms with Gasteiger partial charge in [-0.3, -0.25) is 0 Å². The highest BCUT2D eigenvalue weighted by molar-refractivity contribution is 5.48. The van der Waals surface area contributed by atoms with E-state index in [0.717, 1.165) is 29.6 Å². The van der Waals surface area contributed by atoms with Crippen molar-refractivity contribution in [3.63, 3.8) is 0 Å². The fourth-order valence-electron chi connectivity index (χ4n) is 4.32. The highest BCUT2D eigenvalue weighted by Gasteiger charge is 2.16. The summed E-state index contributed by atoms with van der Waals surface area (Å²) in [5.41, 5.74) is 0.896. The van der Waals surface area contributed by atoms with E-state index in [1.165, 1.54) is 12.1 Å². The molecule has 212 valence electrons. The number of para-hydroxylation sites is 2. The molecule has 0 radical (unpaired) electrons. The van der Waals surface area contributed by atoms with Gasteiger partial charge in [0.2, 0.25) is 0 Å². The van der Waals surface area contributed by atoms with E-state index in [4.69, 9.17) is 0 Å². The Balaban J connectivity index is 0.000000168. The van der Waals surface area contributed by atoms with E-state index in [-0.39, 0.29) is 22.9 Å². The number of nitrogens with zero attached hydrogens (tertiary/aromatic N) is 4. The zero-order valence-electron chi connectivity index (χ0n) is 22.6. The number of hydrogen-bond donors (Lipinski definition) is 4. The Labute approximate surface area is 237 Å². The van der Waals surface area contributed by atoms with Crippen molar-refractivity contribution in [2.75, 3.05) is 0 Å². The van der Waals surface area contributed by atoms with Gasteiger partial charge in [-0.15, -0.1) is 0 Å². The molecule has 42 heavy (non-hydrogen) atoms. The predicted molar refractivity (Wildman–Crippen MR) is 157 cm³/mol. The molecule has 0 aliphatic heterocycles. The lowest BCUT2D eigenvalue weighted by Crippen LogP contribution is -2.26. The molecule has 0 unspecified atom stereocenters. The van der Waals surface area contributed by atoms with Crippen LogP contribution in [0.5, 0.6) is 11.5 Å². The number of aromatic nitrogens is 6. The largest absolute Gasteiger partial charge is 0.506 e. The van der Waals surface area contributed by atoms with Crippen LogP contribution in [0.1, 0.15) is 11.1 Å². The summed E-state index contributed by atoms with van der Waals surface area (Å²) in [6.07, 6.45) is 0. The van der Waals surface area contributed by atoms with Crippen LogP contribution in [0.15, 0.2) is 116 Å². The summed E-state index contributed by atoms with van der Waals surface area (Å²) >= 11 is 0. The van der Waals surface area contributed by atoms with E-state index in [9.17, 15) is 29.4 Å². The topological polar surface area (TPSA) is 160 Å². The molecule has 12 heteroatoms. The number of phenolic OH excluding ortho intramolecular Hbond substituents is 2. The Morgan fingerprint density at radius 1 is 0.524 bits per heavy atom. The van der Waals surface area contributed by atoms with Gasteiger partial charge >= 0.3 is 22.8 Å². The zero-order chi connectivity index (χ0) is 30.0. The van der Waals surface area contributed by atoms with Crippen molar-refractivity contribution in [2.24, 2.45) is 0 Å². The first-order chi connectivity index (χ1) is 20.2. The van der Waals surface area contributed by atoms with E-state index in [2.05, 4.69) is 10.2 Å². The summed E-state index contributed by atoms with van der Waals surface area (Å²) in [4.78, 5) is 48.9. The minimum absolute atomic E-state index is 0.0795. The molecular weight excluding hydrogens is 540 g/mol. The maximum atomic E-state index is 12.4. The Hall–Kier alpha value is -6.04. The van der Waals surface area contributed by atoms with Gasteiger partial charge in [0.25, 0.3) is 0 Å². The quantitative estimate of drug-likeness (QED) is 0.257. The Morgan fingerprint density at radius 3 is 1.24 bits per heavy atom. The number of H-pyrrole nitrogens is 2. The summed E-state index contributed by atoms with van der Waals surface area (Å²) in [5.74, 6) is -0.159. The first kappa shape index (κ1) is 27.5. The molecule has 2 aromatic heterocycles. The van der Waals surface area contributed by atoms with E-state index < -0.39 is 22.8 Å². The second kappa shape index (κ2) is 11.2. The van der Waals surface area contributed by atoms with E-state index >= 15 is 0 Å². The van der Waals surface area contributed by atoms with Crippen LogP contribution < -0.4 is 22.8 Å². The molecule has 0 bridgehead atoms. The van der Waals surface area contributed by atoms with Crippen LogP contribution in [0.2, 0.25) is 0 Å². The van der Waals surface area contributed by atoms with Crippen molar-refractivity contribution in [1.29, 1.82) is 0 Å². The van der Waals surface area contributed by atoms with Crippen molar-refractivity contribution >= 4 is 0 Å². The number of hydrogen-bond acceptors (Lipinski definition) is 6. The van der Waals surface area contributed by atoms with Crippen molar-refractivity contribution in [1.82, 2.24) is 28.7 Å². The molecular formula is C30H26N6O6. The monoisotopic (exact) mass is 566 g/mol. The van der Waals surface area contributed by atoms with Crippen LogP contribution in [-0.2, 0) is 0 Å². The lowest BCUT2D eigenvalue weighted by Gasteiger charge is -2.04. The first-order valence-corrected chi connectivity index (χ1v) is 12.7. The van der Waals surface area contributed by atoms with Gasteiger partial charge < -0.3 is 10.2 Å². The number of aryl methyl sites for hydroxylation is 2. The summed E-state index contributed by atoms with van der Waals surface area (Å²) in [5, 5.41) is 24.7. The molecule has 0 saturated carbocycles. The molecule has 4 aromatic carbocycles. The number of aromatic hydroxyl groups is 2. The fraction of sp³-hybridized carbons (Fsp3) is 0.0667. The van der Waals surface area contributed by atoms with E-state index in [0.29, 0.717) is 11.4 Å². The normalized spacial score (nSPS) is 10.7. The van der Waals surface area contributed by atoms with Gasteiger partial charge in [0, 0.05) is 0 Å². The smallest absolute Gasteiger partial charge is 0.356 e. The molecule has 6 rings (SSSR count). The summed E-state index contributed by atoms with van der Waals surface area (Å²) in [6.45, 7) is 3.67. The third-order valence-electron chi connectivity index (χ3n) is 6.36. The molecule has 12 nitrogen and oxygen atoms in total. The molecule has 2 heterocycles. The lowest BCUT2D eigenvalue weighted by atomic mass is 10.2. The molecule has 0 fully saturated rings. The second-order valence-electron chi connectivity index (χ2n) is 9.40. The highest BCUT2D eigenvalue weighted by atomic mass is 16.3. The van der Waals surface area contributed by atoms with E-state index in [1.807, 2.05) is 13.8 Å². The summed E-state index contributed by atoms with van der Waals surface area (Å²) in [7, 11) is 0. The minimum Gasteiger partial charge on any atom is -0.506 e. The van der Waals surface area contributed by atoms with Gasteiger partial charge in [0.05, 0.1) is 11.4 Å². The zero-order valence-corrected chi connectivity index (χ0v) is 22.6. The van der Waals surface area contributed by atoms with Crippen LogP contribution in [0.3, 0.4) is 0 Å². The van der Waals surface area contributed by atoms with Crippen molar-refractivity contribution in [3.8, 4) is 34.2 Å². The van der Waals surface area contributed by atoms with Crippen LogP contribution in [0.25, 0.3) is 22.7 Å². The molecule has 0 atom stereocenters. The number of nitrogens with one attached hydrogen (secondary N) is 2. The SMILES string of the molecule is Cc1ccc(O)c(-n2[nH]c(=O)n(-c3ccccc3)c2=O)c1.Cc1ccc(O)c(-n2[nH]c(=O)n(-c3ccccc3)c2=O)c1. The van der Waals surface area contributed by atoms with Crippen LogP contribution in [0.4, 0.5) is 0 Å². The molecule has 0 spiro atoms. The van der Waals surface area contributed by atoms with Crippen LogP contribution >= 0.6 is 0 Å². The van der Waals surface area contributed by atoms with Gasteiger partial charge in [0.15, 0.2) is 0 Å². The van der Waals surface area contributed by atoms with Gasteiger partial charge in [-0.2, -0.15) is 9.36 Å². The first-order valence-electron chi connectivity index (χ1n) is 12.7. The Kier molecular flexibility index (Phi) is 7.35. The predicted octanol–water partition coefficient (Wildman–Crippen LogP) is 2.66. The Bertz CT molecular complexity index is 1960. The van der Waals surface area contributed by atoms with E-state index in [1.54, 1.807) is 84.9 Å². The number of phenols is 2. The standard InChI is InChI=1S/2C15H13N3O3/c2*1-10-7-8-13(19)12(9-10)18-15(21)17(14(20)16-18)11-5-3-2-4-6-11/h2*2-9,19H,1H3,(H,16,20). The molecule has 0 amide bonds. The number of rotatable bonds is 4. The number of aromatic amines is 2. The summed E-state index contributed by atoms with van der Waals surface area (Å²) < 4.78 is 4.11. The second-order valence-corrected chi connectivity index (χ2v) is 9.40. The van der Waals surface area contributed by atoms with Crippen LogP contribution in [0, 0.1) is 13.8 Å². The van der Waals surface area contributed by atoms with Gasteiger partial charge in [-0.1, -0.05) is 48.5 Å². The van der Waals surface area contributed by atoms with Crippen molar-refractivity contribution in [2.45, 2.75) is 13.8 Å². The molecule has 6 aromatic rings. The average molecular weight is 567 g/mol. The van der Waals surface area contributed by atoms with Gasteiger partial charge in [-0.25, -0.2) is 38.5 Å². The summed E-state index contributed by atoms with van der Waals surface area (Å²) in [6, 6.07) is 26.9. The van der Waals surface area contributed by atoms with Crippen molar-refractivity contribution < 1.29 is 10.2 Å². The maximum absolute atomic E-state index is 12.4. The fourth-order valence-corrected chi connectivity index (χ4v) is 4.32. The molecule has 4 N–H and O–H groups in total. The lowest BCUT2D eigenvalue weighted by molar-refractivity contribution is 0.469. The molecule has 0 aliphatic carbocycles. The molecule has 0 saturated heterocycles. The molecule has 0 aliphatic rings. The third-order valence-corrected chi connectivity index (χ3v) is 6.36. The third kappa shape index (κ3) is 5.23. The highest BCUT2D eigenvalue weighted by Crippen LogP contribution is 2.21. The average Bonchev–Trinajstić information content (AvgIpc) is 3.45.